The Balaban J connectivity index is 1.81. The van der Waals surface area contributed by atoms with Gasteiger partial charge in [0.25, 0.3) is 0 Å². The summed E-state index contributed by atoms with van der Waals surface area (Å²) in [4.78, 5) is 4.96. The van der Waals surface area contributed by atoms with Crippen LogP contribution in [0.1, 0.15) is 25.2 Å². The van der Waals surface area contributed by atoms with E-state index in [1.54, 1.807) is 6.26 Å². The van der Waals surface area contributed by atoms with Crippen molar-refractivity contribution < 1.29 is 4.42 Å². The second-order valence-corrected chi connectivity index (χ2v) is 5.03. The van der Waals surface area contributed by atoms with Crippen molar-refractivity contribution in [3.63, 3.8) is 0 Å². The van der Waals surface area contributed by atoms with Crippen LogP contribution in [0.3, 0.4) is 0 Å². The molecule has 0 spiro atoms. The summed E-state index contributed by atoms with van der Waals surface area (Å²) >= 11 is 0. The van der Waals surface area contributed by atoms with Gasteiger partial charge >= 0.3 is 0 Å². The molecule has 1 aliphatic heterocycles. The molecular weight excluding hydrogens is 214 g/mol. The Bertz CT molecular complexity index is 340. The molecule has 0 unspecified atom stereocenters. The van der Waals surface area contributed by atoms with Crippen LogP contribution in [-0.4, -0.2) is 42.0 Å². The Hall–Kier alpha value is -0.840. The predicted octanol–water partition coefficient (Wildman–Crippen LogP) is 1.26. The maximum atomic E-state index is 5.57. The van der Waals surface area contributed by atoms with Crippen LogP contribution in [0, 0.1) is 0 Å². The fourth-order valence-corrected chi connectivity index (χ4v) is 2.27. The van der Waals surface area contributed by atoms with Crippen molar-refractivity contribution >= 4 is 0 Å². The number of hydrogen-bond acceptors (Lipinski definition) is 4. The summed E-state index contributed by atoms with van der Waals surface area (Å²) in [6.07, 6.45) is 1.76. The van der Waals surface area contributed by atoms with Crippen LogP contribution in [0.15, 0.2) is 16.7 Å². The Morgan fingerprint density at radius 3 is 2.53 bits per heavy atom. The average molecular weight is 237 g/mol. The van der Waals surface area contributed by atoms with Crippen LogP contribution in [0.25, 0.3) is 0 Å². The van der Waals surface area contributed by atoms with Gasteiger partial charge in [0.1, 0.15) is 5.76 Å². The van der Waals surface area contributed by atoms with Gasteiger partial charge in [-0.3, -0.25) is 9.80 Å². The van der Waals surface area contributed by atoms with E-state index < -0.39 is 0 Å². The molecule has 2 heterocycles. The maximum Gasteiger partial charge on any atom is 0.118 e. The molecular formula is C13H23N3O. The Morgan fingerprint density at radius 1 is 1.29 bits per heavy atom. The van der Waals surface area contributed by atoms with Crippen LogP contribution < -0.4 is 5.73 Å². The molecule has 1 aromatic rings. The second-order valence-electron chi connectivity index (χ2n) is 5.03. The highest BCUT2D eigenvalue weighted by Gasteiger charge is 2.19. The molecule has 0 atom stereocenters. The summed E-state index contributed by atoms with van der Waals surface area (Å²) in [5, 5.41) is 0. The Labute approximate surface area is 103 Å². The first-order valence-corrected chi connectivity index (χ1v) is 6.42. The zero-order valence-electron chi connectivity index (χ0n) is 10.9. The third-order valence-corrected chi connectivity index (χ3v) is 3.46. The van der Waals surface area contributed by atoms with Crippen molar-refractivity contribution in [3.05, 3.63) is 23.7 Å². The topological polar surface area (TPSA) is 45.6 Å². The van der Waals surface area contributed by atoms with Crippen LogP contribution in [0.2, 0.25) is 0 Å². The Kier molecular flexibility index (Phi) is 4.20. The summed E-state index contributed by atoms with van der Waals surface area (Å²) in [6, 6.07) is 2.72. The lowest BCUT2D eigenvalue weighted by Crippen LogP contribution is -2.48. The molecule has 1 saturated heterocycles. The molecule has 2 N–H and O–H groups in total. The highest BCUT2D eigenvalue weighted by Crippen LogP contribution is 2.13. The number of rotatable bonds is 4. The molecule has 0 bridgehead atoms. The normalized spacial score (nSPS) is 19.1. The van der Waals surface area contributed by atoms with E-state index in [4.69, 9.17) is 10.2 Å². The standard InChI is InChI=1S/C13H23N3O/c1-11(2)16-5-3-15(4-6-16)9-13-7-12(8-14)10-17-13/h7,10-11H,3-6,8-9,14H2,1-2H3. The highest BCUT2D eigenvalue weighted by molar-refractivity contribution is 5.12. The van der Waals surface area contributed by atoms with Crippen LogP contribution in [0.5, 0.6) is 0 Å². The number of hydrogen-bond donors (Lipinski definition) is 1. The molecule has 0 amide bonds. The first kappa shape index (κ1) is 12.6. The van der Waals surface area contributed by atoms with Crippen LogP contribution in [0.4, 0.5) is 0 Å². The van der Waals surface area contributed by atoms with Gasteiger partial charge < -0.3 is 10.2 Å². The van der Waals surface area contributed by atoms with Gasteiger partial charge in [0.15, 0.2) is 0 Å². The van der Waals surface area contributed by atoms with E-state index in [1.807, 2.05) is 0 Å². The fraction of sp³-hybridized carbons (Fsp3) is 0.692. The third kappa shape index (κ3) is 3.31. The molecule has 4 nitrogen and oxygen atoms in total. The summed E-state index contributed by atoms with van der Waals surface area (Å²) in [7, 11) is 0. The van der Waals surface area contributed by atoms with Crippen molar-refractivity contribution in [2.45, 2.75) is 33.0 Å². The SMILES string of the molecule is CC(C)N1CCN(Cc2cc(CN)co2)CC1. The van der Waals surface area contributed by atoms with Crippen molar-refractivity contribution in [3.8, 4) is 0 Å². The van der Waals surface area contributed by atoms with E-state index >= 15 is 0 Å². The number of piperazine rings is 1. The molecule has 0 saturated carbocycles. The van der Waals surface area contributed by atoms with Crippen molar-refractivity contribution in [2.24, 2.45) is 5.73 Å². The summed E-state index contributed by atoms with van der Waals surface area (Å²) in [5.41, 5.74) is 6.65. The molecule has 1 aliphatic rings. The van der Waals surface area contributed by atoms with Gasteiger partial charge in [-0.15, -0.1) is 0 Å². The van der Waals surface area contributed by atoms with Crippen LogP contribution in [-0.2, 0) is 13.1 Å². The second kappa shape index (κ2) is 5.67. The van der Waals surface area contributed by atoms with Crippen molar-refractivity contribution in [2.75, 3.05) is 26.2 Å². The van der Waals surface area contributed by atoms with Gasteiger partial charge in [0.05, 0.1) is 12.8 Å². The minimum Gasteiger partial charge on any atom is -0.468 e. The van der Waals surface area contributed by atoms with Crippen molar-refractivity contribution in [1.82, 2.24) is 9.80 Å². The smallest absolute Gasteiger partial charge is 0.118 e. The molecule has 4 heteroatoms. The number of furan rings is 1. The number of nitrogens with two attached hydrogens (primary N) is 1. The van der Waals surface area contributed by atoms with Gasteiger partial charge in [0, 0.05) is 44.3 Å². The first-order valence-electron chi connectivity index (χ1n) is 6.42. The Morgan fingerprint density at radius 2 is 2.00 bits per heavy atom. The summed E-state index contributed by atoms with van der Waals surface area (Å²) in [5.74, 6) is 1.03. The monoisotopic (exact) mass is 237 g/mol. The molecule has 0 aliphatic carbocycles. The largest absolute Gasteiger partial charge is 0.468 e. The van der Waals surface area contributed by atoms with Gasteiger partial charge in [-0.25, -0.2) is 0 Å². The highest BCUT2D eigenvalue weighted by atomic mass is 16.3. The van der Waals surface area contributed by atoms with E-state index in [2.05, 4.69) is 29.7 Å². The lowest BCUT2D eigenvalue weighted by molar-refractivity contribution is 0.0991. The molecule has 1 fully saturated rings. The van der Waals surface area contributed by atoms with Gasteiger partial charge in [0.2, 0.25) is 0 Å². The molecule has 1 aromatic heterocycles. The average Bonchev–Trinajstić information content (AvgIpc) is 2.77. The summed E-state index contributed by atoms with van der Waals surface area (Å²) < 4.78 is 5.50. The maximum absolute atomic E-state index is 5.57. The fourth-order valence-electron chi connectivity index (χ4n) is 2.27. The van der Waals surface area contributed by atoms with Crippen molar-refractivity contribution in [1.29, 1.82) is 0 Å². The minimum absolute atomic E-state index is 0.560. The van der Waals surface area contributed by atoms with E-state index in [1.165, 1.54) is 0 Å². The molecule has 0 radical (unpaired) electrons. The van der Waals surface area contributed by atoms with E-state index in [0.717, 1.165) is 44.0 Å². The zero-order chi connectivity index (χ0) is 12.3. The zero-order valence-corrected chi connectivity index (χ0v) is 10.9. The lowest BCUT2D eigenvalue weighted by Gasteiger charge is -2.36. The van der Waals surface area contributed by atoms with Crippen LogP contribution >= 0.6 is 0 Å². The molecule has 0 aromatic carbocycles. The number of nitrogens with zero attached hydrogens (tertiary/aromatic N) is 2. The lowest BCUT2D eigenvalue weighted by atomic mass is 10.2. The molecule has 96 valence electrons. The first-order chi connectivity index (χ1) is 8.19. The van der Waals surface area contributed by atoms with E-state index in [9.17, 15) is 0 Å². The molecule has 2 rings (SSSR count). The molecule has 17 heavy (non-hydrogen) atoms. The third-order valence-electron chi connectivity index (χ3n) is 3.46. The van der Waals surface area contributed by atoms with E-state index in [0.29, 0.717) is 12.6 Å². The summed E-state index contributed by atoms with van der Waals surface area (Å²) in [6.45, 7) is 10.5. The predicted molar refractivity (Wildman–Crippen MR) is 68.6 cm³/mol. The van der Waals surface area contributed by atoms with Gasteiger partial charge in [-0.2, -0.15) is 0 Å². The quantitative estimate of drug-likeness (QED) is 0.856. The van der Waals surface area contributed by atoms with Gasteiger partial charge in [-0.05, 0) is 19.9 Å². The minimum atomic E-state index is 0.560. The van der Waals surface area contributed by atoms with E-state index in [-0.39, 0.29) is 0 Å². The van der Waals surface area contributed by atoms with Gasteiger partial charge in [-0.1, -0.05) is 0 Å².